The SMILES string of the molecule is Cc1ccc(C([SiH2]c2ccccc2)(c2ccc(C)cc2)n2ccnc2)cc1.[B]C(c1ccccc1)c1ccccc1. The minimum absolute atomic E-state index is 0.0163. The van der Waals surface area contributed by atoms with E-state index in [4.69, 9.17) is 7.85 Å². The topological polar surface area (TPSA) is 17.8 Å². The van der Waals surface area contributed by atoms with Gasteiger partial charge in [-0.2, -0.15) is 0 Å². The molecule has 1 aromatic heterocycles. The Kier molecular flexibility index (Phi) is 9.12. The molecule has 0 fully saturated rings. The van der Waals surface area contributed by atoms with Crippen molar-refractivity contribution >= 4 is 22.6 Å². The van der Waals surface area contributed by atoms with Crippen molar-refractivity contribution < 1.29 is 0 Å². The number of aromatic nitrogens is 2. The summed E-state index contributed by atoms with van der Waals surface area (Å²) in [4.78, 5) is 4.40. The first-order valence-electron chi connectivity index (χ1n) is 14.1. The van der Waals surface area contributed by atoms with Gasteiger partial charge in [0.05, 0.1) is 28.9 Å². The number of hydrogen-bond donors (Lipinski definition) is 0. The molecule has 0 aliphatic rings. The van der Waals surface area contributed by atoms with E-state index in [0.717, 1.165) is 11.1 Å². The van der Waals surface area contributed by atoms with Crippen LogP contribution in [-0.4, -0.2) is 26.9 Å². The van der Waals surface area contributed by atoms with Gasteiger partial charge in [0, 0.05) is 12.4 Å². The van der Waals surface area contributed by atoms with E-state index in [1.807, 2.05) is 48.9 Å². The van der Waals surface area contributed by atoms with Crippen molar-refractivity contribution in [1.82, 2.24) is 9.55 Å². The molecule has 2 nitrogen and oxygen atoms in total. The van der Waals surface area contributed by atoms with Gasteiger partial charge in [-0.1, -0.05) is 156 Å². The molecule has 0 saturated carbocycles. The highest BCUT2D eigenvalue weighted by atomic mass is 28.2. The monoisotopic (exact) mass is 546 g/mol. The molecule has 0 aliphatic heterocycles. The van der Waals surface area contributed by atoms with Gasteiger partial charge in [-0.25, -0.2) is 4.98 Å². The number of rotatable bonds is 7. The van der Waals surface area contributed by atoms with Gasteiger partial charge in [-0.15, -0.1) is 0 Å². The van der Waals surface area contributed by atoms with Crippen molar-refractivity contribution in [3.05, 3.63) is 192 Å². The van der Waals surface area contributed by atoms with Crippen LogP contribution in [0.5, 0.6) is 0 Å². The molecule has 2 radical (unpaired) electrons. The molecule has 0 aliphatic carbocycles. The summed E-state index contributed by atoms with van der Waals surface area (Å²) >= 11 is 0. The van der Waals surface area contributed by atoms with E-state index in [0.29, 0.717) is 0 Å². The summed E-state index contributed by atoms with van der Waals surface area (Å²) in [7, 11) is 5.34. The minimum Gasteiger partial charge on any atom is -0.326 e. The molecule has 0 N–H and O–H groups in total. The predicted molar refractivity (Wildman–Crippen MR) is 176 cm³/mol. The smallest absolute Gasteiger partial charge is 0.0965 e. The number of benzene rings is 5. The average molecular weight is 547 g/mol. The summed E-state index contributed by atoms with van der Waals surface area (Å²) in [5, 5.41) is 1.23. The Morgan fingerprint density at radius 3 is 1.46 bits per heavy atom. The summed E-state index contributed by atoms with van der Waals surface area (Å²) in [5.41, 5.74) is 7.51. The van der Waals surface area contributed by atoms with Crippen molar-refractivity contribution in [2.24, 2.45) is 0 Å². The van der Waals surface area contributed by atoms with Gasteiger partial charge in [0.2, 0.25) is 0 Å². The van der Waals surface area contributed by atoms with Crippen molar-refractivity contribution in [3.63, 3.8) is 0 Å². The van der Waals surface area contributed by atoms with Gasteiger partial charge < -0.3 is 4.57 Å². The van der Waals surface area contributed by atoms with Crippen LogP contribution >= 0.6 is 0 Å². The molecule has 1 heterocycles. The van der Waals surface area contributed by atoms with Crippen molar-refractivity contribution in [3.8, 4) is 0 Å². The summed E-state index contributed by atoms with van der Waals surface area (Å²) in [6.45, 7) is 4.28. The summed E-state index contributed by atoms with van der Waals surface area (Å²) < 4.78 is 2.31. The fourth-order valence-corrected chi connectivity index (χ4v) is 7.66. The normalized spacial score (nSPS) is 11.4. The standard InChI is InChI=1S/C24H24N2Si.C13H11B/c1-19-8-12-21(13-9-19)24(26-17-16-25-18-26,22-14-10-20(2)11-15-22)27-23-6-4-3-5-7-23;14-13(11-7-3-1-4-8-11)12-9-5-2-6-10-12/h3-18H,27H2,1-2H3;1-10,13H. The number of nitrogens with zero attached hydrogens (tertiary/aromatic N) is 2. The van der Waals surface area contributed by atoms with E-state index in [1.54, 1.807) is 0 Å². The zero-order valence-corrected chi connectivity index (χ0v) is 25.2. The Labute approximate surface area is 248 Å². The lowest BCUT2D eigenvalue weighted by Crippen LogP contribution is -2.46. The first-order chi connectivity index (χ1) is 20.1. The van der Waals surface area contributed by atoms with Crippen LogP contribution in [0, 0.1) is 13.8 Å². The number of imidazole rings is 1. The highest BCUT2D eigenvalue weighted by Crippen LogP contribution is 2.34. The summed E-state index contributed by atoms with van der Waals surface area (Å²) in [6, 6.07) is 49.2. The Morgan fingerprint density at radius 2 is 1.05 bits per heavy atom. The molecule has 5 aromatic carbocycles. The minimum atomic E-state index is -0.771. The van der Waals surface area contributed by atoms with Crippen LogP contribution in [0.3, 0.4) is 0 Å². The van der Waals surface area contributed by atoms with E-state index in [9.17, 15) is 0 Å². The molecule has 0 bridgehead atoms. The molecule has 0 amide bonds. The Morgan fingerprint density at radius 1 is 0.610 bits per heavy atom. The number of hydrogen-bond acceptors (Lipinski definition) is 1. The van der Waals surface area contributed by atoms with E-state index in [2.05, 4.69) is 133 Å². The van der Waals surface area contributed by atoms with E-state index >= 15 is 0 Å². The van der Waals surface area contributed by atoms with Gasteiger partial charge in [0.1, 0.15) is 0 Å². The van der Waals surface area contributed by atoms with Crippen LogP contribution < -0.4 is 5.19 Å². The molecule has 6 rings (SSSR count). The third-order valence-corrected chi connectivity index (χ3v) is 10.2. The summed E-state index contributed by atoms with van der Waals surface area (Å²) in [6.07, 6.45) is 5.96. The maximum absolute atomic E-state index is 6.12. The van der Waals surface area contributed by atoms with E-state index < -0.39 is 9.52 Å². The fourth-order valence-electron chi connectivity index (χ4n) is 5.31. The fraction of sp³-hybridized carbons (Fsp3) is 0.108. The first-order valence-corrected chi connectivity index (χ1v) is 15.5. The third kappa shape index (κ3) is 6.67. The molecular weight excluding hydrogens is 511 g/mol. The number of aryl methyl sites for hydroxylation is 2. The quantitative estimate of drug-likeness (QED) is 0.204. The molecular formula is C37H35BN2Si. The van der Waals surface area contributed by atoms with Gasteiger partial charge in [-0.05, 0) is 41.9 Å². The maximum Gasteiger partial charge on any atom is 0.0965 e. The van der Waals surface area contributed by atoms with Gasteiger partial charge in [-0.3, -0.25) is 0 Å². The Bertz CT molecular complexity index is 1520. The van der Waals surface area contributed by atoms with E-state index in [1.165, 1.54) is 27.4 Å². The maximum atomic E-state index is 6.12. The molecule has 0 spiro atoms. The first kappa shape index (κ1) is 28.1. The second-order valence-electron chi connectivity index (χ2n) is 10.5. The van der Waals surface area contributed by atoms with Crippen LogP contribution in [0.25, 0.3) is 0 Å². The molecule has 0 unspecified atom stereocenters. The predicted octanol–water partition coefficient (Wildman–Crippen LogP) is 6.69. The zero-order valence-electron chi connectivity index (χ0n) is 23.8. The molecule has 4 heteroatoms. The van der Waals surface area contributed by atoms with Crippen LogP contribution in [0.1, 0.15) is 39.2 Å². The second kappa shape index (κ2) is 13.3. The van der Waals surface area contributed by atoms with Gasteiger partial charge in [0.15, 0.2) is 0 Å². The largest absolute Gasteiger partial charge is 0.326 e. The van der Waals surface area contributed by atoms with Gasteiger partial charge >= 0.3 is 0 Å². The van der Waals surface area contributed by atoms with Crippen molar-refractivity contribution in [2.75, 3.05) is 0 Å². The lowest BCUT2D eigenvalue weighted by atomic mass is 9.76. The summed E-state index contributed by atoms with van der Waals surface area (Å²) in [5.74, 6) is -0.0163. The van der Waals surface area contributed by atoms with Gasteiger partial charge in [0.25, 0.3) is 0 Å². The molecule has 6 aromatic rings. The Balaban J connectivity index is 0.000000202. The Hall–Kier alpha value is -4.41. The van der Waals surface area contributed by atoms with Crippen LogP contribution in [0.15, 0.2) is 158 Å². The van der Waals surface area contributed by atoms with Crippen LogP contribution in [-0.2, 0) is 5.16 Å². The van der Waals surface area contributed by atoms with E-state index in [-0.39, 0.29) is 11.0 Å². The molecule has 0 atom stereocenters. The third-order valence-electron chi connectivity index (χ3n) is 7.62. The highest BCUT2D eigenvalue weighted by Gasteiger charge is 2.36. The van der Waals surface area contributed by atoms with Crippen LogP contribution in [0.2, 0.25) is 0 Å². The average Bonchev–Trinajstić information content (AvgIpc) is 3.58. The second-order valence-corrected chi connectivity index (χ2v) is 12.7. The lowest BCUT2D eigenvalue weighted by Gasteiger charge is -2.37. The molecule has 0 saturated heterocycles. The molecule has 41 heavy (non-hydrogen) atoms. The van der Waals surface area contributed by atoms with Crippen molar-refractivity contribution in [2.45, 2.75) is 24.8 Å². The lowest BCUT2D eigenvalue weighted by molar-refractivity contribution is 0.596. The zero-order chi connectivity index (χ0) is 28.5. The van der Waals surface area contributed by atoms with Crippen molar-refractivity contribution in [1.29, 1.82) is 0 Å². The van der Waals surface area contributed by atoms with Crippen LogP contribution in [0.4, 0.5) is 0 Å². The molecule has 200 valence electrons. The highest BCUT2D eigenvalue weighted by molar-refractivity contribution is 6.57.